The van der Waals surface area contributed by atoms with E-state index >= 15 is 0 Å². The first-order chi connectivity index (χ1) is 9.97. The van der Waals surface area contributed by atoms with Crippen molar-refractivity contribution in [1.82, 2.24) is 5.32 Å². The zero-order valence-electron chi connectivity index (χ0n) is 11.7. The molecule has 0 unspecified atom stereocenters. The van der Waals surface area contributed by atoms with Gasteiger partial charge in [-0.2, -0.15) is 0 Å². The molecule has 0 radical (unpaired) electrons. The third kappa shape index (κ3) is 4.42. The van der Waals surface area contributed by atoms with E-state index in [-0.39, 0.29) is 30.7 Å². The summed E-state index contributed by atoms with van der Waals surface area (Å²) in [6, 6.07) is 5.60. The number of aliphatic hydroxyl groups is 1. The lowest BCUT2D eigenvalue weighted by Gasteiger charge is -2.13. The van der Waals surface area contributed by atoms with Gasteiger partial charge in [-0.25, -0.2) is 0 Å². The van der Waals surface area contributed by atoms with E-state index in [1.54, 1.807) is 0 Å². The van der Waals surface area contributed by atoms with Crippen molar-refractivity contribution in [2.75, 3.05) is 13.2 Å². The number of nitrogens with one attached hydrogen (secondary N) is 1. The number of nitro benzene ring substituents is 1. The first kappa shape index (κ1) is 15.2. The van der Waals surface area contributed by atoms with Crippen LogP contribution in [0.1, 0.15) is 13.3 Å². The summed E-state index contributed by atoms with van der Waals surface area (Å²) in [4.78, 5) is 21.6. The Labute approximate surface area is 122 Å². The number of ether oxygens (including phenoxy) is 1. The molecule has 1 aliphatic rings. The lowest BCUT2D eigenvalue weighted by Crippen LogP contribution is -2.36. The fraction of sp³-hybridized carbons (Fsp3) is 0.500. The number of hydrogen-bond acceptors (Lipinski definition) is 5. The molecule has 1 saturated carbocycles. The van der Waals surface area contributed by atoms with Crippen LogP contribution < -0.4 is 10.1 Å². The Bertz CT molecular complexity index is 517. The van der Waals surface area contributed by atoms with Crippen LogP contribution in [0.15, 0.2) is 24.3 Å². The molecule has 0 spiro atoms. The maximum Gasteiger partial charge on any atom is 0.269 e. The largest absolute Gasteiger partial charge is 0.491 e. The van der Waals surface area contributed by atoms with Crippen LogP contribution in [0.3, 0.4) is 0 Å². The average Bonchev–Trinajstić information content (AvgIpc) is 3.20. The topological polar surface area (TPSA) is 102 Å². The van der Waals surface area contributed by atoms with Gasteiger partial charge in [0.1, 0.15) is 18.5 Å². The summed E-state index contributed by atoms with van der Waals surface area (Å²) in [5.41, 5.74) is -0.0197. The molecule has 1 amide bonds. The molecule has 7 heteroatoms. The zero-order chi connectivity index (χ0) is 15.4. The summed E-state index contributed by atoms with van der Waals surface area (Å²) in [6.07, 6.45) is 0.0829. The Kier molecular flexibility index (Phi) is 4.74. The zero-order valence-corrected chi connectivity index (χ0v) is 11.7. The van der Waals surface area contributed by atoms with Crippen LogP contribution >= 0.6 is 0 Å². The summed E-state index contributed by atoms with van der Waals surface area (Å²) in [6.45, 7) is 2.16. The summed E-state index contributed by atoms with van der Waals surface area (Å²) in [7, 11) is 0. The van der Waals surface area contributed by atoms with Crippen molar-refractivity contribution in [3.8, 4) is 5.75 Å². The Morgan fingerprint density at radius 3 is 2.67 bits per heavy atom. The Hall–Kier alpha value is -2.15. The van der Waals surface area contributed by atoms with Gasteiger partial charge in [-0.15, -0.1) is 0 Å². The standard InChI is InChI=1S/C14H18N2O5/c1-9-6-13(9)14(18)15-7-11(17)8-21-12-4-2-10(3-5-12)16(19)20/h2-5,9,11,13,17H,6-8H2,1H3,(H,15,18)/t9-,11-,13+/m0/s1. The van der Waals surface area contributed by atoms with Gasteiger partial charge in [0.05, 0.1) is 4.92 Å². The first-order valence-corrected chi connectivity index (χ1v) is 6.80. The van der Waals surface area contributed by atoms with Crippen LogP contribution in [-0.4, -0.2) is 35.2 Å². The van der Waals surface area contributed by atoms with E-state index in [9.17, 15) is 20.0 Å². The van der Waals surface area contributed by atoms with E-state index in [4.69, 9.17) is 4.74 Å². The Morgan fingerprint density at radius 2 is 2.14 bits per heavy atom. The molecule has 2 N–H and O–H groups in total. The quantitative estimate of drug-likeness (QED) is 0.579. The predicted molar refractivity (Wildman–Crippen MR) is 74.9 cm³/mol. The van der Waals surface area contributed by atoms with E-state index in [0.717, 1.165) is 6.42 Å². The molecule has 0 aromatic heterocycles. The van der Waals surface area contributed by atoms with Crippen molar-refractivity contribution >= 4 is 11.6 Å². The molecule has 0 saturated heterocycles. The molecule has 21 heavy (non-hydrogen) atoms. The highest BCUT2D eigenvalue weighted by Crippen LogP contribution is 2.37. The molecular weight excluding hydrogens is 276 g/mol. The average molecular weight is 294 g/mol. The lowest BCUT2D eigenvalue weighted by molar-refractivity contribution is -0.384. The van der Waals surface area contributed by atoms with Crippen LogP contribution in [0.5, 0.6) is 5.75 Å². The maximum absolute atomic E-state index is 11.6. The van der Waals surface area contributed by atoms with Crippen molar-refractivity contribution in [3.05, 3.63) is 34.4 Å². The number of non-ortho nitro benzene ring substituents is 1. The molecule has 2 rings (SSSR count). The number of carbonyl (C=O) groups is 1. The van der Waals surface area contributed by atoms with Gasteiger partial charge in [0.2, 0.25) is 5.91 Å². The summed E-state index contributed by atoms with van der Waals surface area (Å²) >= 11 is 0. The van der Waals surface area contributed by atoms with Crippen LogP contribution in [-0.2, 0) is 4.79 Å². The van der Waals surface area contributed by atoms with Crippen molar-refractivity contribution in [2.45, 2.75) is 19.4 Å². The van der Waals surface area contributed by atoms with Crippen LogP contribution in [0.2, 0.25) is 0 Å². The van der Waals surface area contributed by atoms with E-state index in [1.165, 1.54) is 24.3 Å². The number of benzene rings is 1. The van der Waals surface area contributed by atoms with Crippen LogP contribution in [0, 0.1) is 22.0 Å². The summed E-state index contributed by atoms with van der Waals surface area (Å²) in [5, 5.41) is 22.9. The second-order valence-electron chi connectivity index (χ2n) is 5.28. The van der Waals surface area contributed by atoms with Crippen molar-refractivity contribution in [1.29, 1.82) is 0 Å². The molecule has 1 aromatic carbocycles. The monoisotopic (exact) mass is 294 g/mol. The molecule has 1 aliphatic carbocycles. The van der Waals surface area contributed by atoms with E-state index in [1.807, 2.05) is 6.92 Å². The molecule has 0 aliphatic heterocycles. The smallest absolute Gasteiger partial charge is 0.269 e. The van der Waals surface area contributed by atoms with Crippen molar-refractivity contribution < 1.29 is 19.6 Å². The van der Waals surface area contributed by atoms with E-state index in [2.05, 4.69) is 5.32 Å². The van der Waals surface area contributed by atoms with Gasteiger partial charge in [0, 0.05) is 24.6 Å². The highest BCUT2D eigenvalue weighted by atomic mass is 16.6. The van der Waals surface area contributed by atoms with Gasteiger partial charge >= 0.3 is 0 Å². The minimum Gasteiger partial charge on any atom is -0.491 e. The number of amides is 1. The molecule has 114 valence electrons. The SMILES string of the molecule is C[C@H]1C[C@H]1C(=O)NC[C@H](O)COc1ccc([N+](=O)[O-])cc1. The van der Waals surface area contributed by atoms with Gasteiger partial charge in [0.15, 0.2) is 0 Å². The third-order valence-electron chi connectivity index (χ3n) is 3.45. The fourth-order valence-corrected chi connectivity index (χ4v) is 1.95. The fourth-order valence-electron chi connectivity index (χ4n) is 1.95. The predicted octanol–water partition coefficient (Wildman–Crippen LogP) is 1.11. The molecule has 7 nitrogen and oxygen atoms in total. The molecule has 1 fully saturated rings. The van der Waals surface area contributed by atoms with Crippen LogP contribution in [0.4, 0.5) is 5.69 Å². The molecule has 1 aromatic rings. The molecular formula is C14H18N2O5. The number of hydrogen-bond donors (Lipinski definition) is 2. The van der Waals surface area contributed by atoms with Crippen molar-refractivity contribution in [2.24, 2.45) is 11.8 Å². The van der Waals surface area contributed by atoms with Gasteiger partial charge in [-0.3, -0.25) is 14.9 Å². The minimum absolute atomic E-state index is 0.0122. The van der Waals surface area contributed by atoms with Crippen molar-refractivity contribution in [3.63, 3.8) is 0 Å². The van der Waals surface area contributed by atoms with Gasteiger partial charge in [-0.1, -0.05) is 6.92 Å². The van der Waals surface area contributed by atoms with Gasteiger partial charge in [0.25, 0.3) is 5.69 Å². The summed E-state index contributed by atoms with van der Waals surface area (Å²) < 4.78 is 5.31. The first-order valence-electron chi connectivity index (χ1n) is 6.80. The van der Waals surface area contributed by atoms with E-state index in [0.29, 0.717) is 11.7 Å². The molecule has 0 heterocycles. The maximum atomic E-state index is 11.6. The highest BCUT2D eigenvalue weighted by molar-refractivity contribution is 5.81. The Morgan fingerprint density at radius 1 is 1.52 bits per heavy atom. The number of rotatable bonds is 7. The van der Waals surface area contributed by atoms with E-state index < -0.39 is 11.0 Å². The normalized spacial score (nSPS) is 21.4. The number of aliphatic hydroxyl groups excluding tert-OH is 1. The number of carbonyl (C=O) groups excluding carboxylic acids is 1. The van der Waals surface area contributed by atoms with Gasteiger partial charge in [-0.05, 0) is 24.5 Å². The van der Waals surface area contributed by atoms with Crippen LogP contribution in [0.25, 0.3) is 0 Å². The second-order valence-corrected chi connectivity index (χ2v) is 5.28. The number of nitrogens with zero attached hydrogens (tertiary/aromatic N) is 1. The lowest BCUT2D eigenvalue weighted by atomic mass is 10.3. The number of nitro groups is 1. The summed E-state index contributed by atoms with van der Waals surface area (Å²) in [5.74, 6) is 0.907. The van der Waals surface area contributed by atoms with Gasteiger partial charge < -0.3 is 15.2 Å². The third-order valence-corrected chi connectivity index (χ3v) is 3.45. The highest BCUT2D eigenvalue weighted by Gasteiger charge is 2.38. The second kappa shape index (κ2) is 6.53. The molecule has 3 atom stereocenters. The minimum atomic E-state index is -0.821. The Balaban J connectivity index is 1.69. The molecule has 0 bridgehead atoms.